The van der Waals surface area contributed by atoms with Crippen molar-refractivity contribution in [1.29, 1.82) is 0 Å². The zero-order chi connectivity index (χ0) is 19.5. The summed E-state index contributed by atoms with van der Waals surface area (Å²) in [6.45, 7) is 1.04. The number of imidazole rings is 1. The van der Waals surface area contributed by atoms with Gasteiger partial charge in [0.25, 0.3) is 0 Å². The summed E-state index contributed by atoms with van der Waals surface area (Å²) in [5, 5.41) is 9.11. The highest BCUT2D eigenvalue weighted by Gasteiger charge is 2.27. The van der Waals surface area contributed by atoms with E-state index in [2.05, 4.69) is 4.57 Å². The molecule has 1 amide bonds. The van der Waals surface area contributed by atoms with Crippen molar-refractivity contribution in [3.05, 3.63) is 60.4 Å². The summed E-state index contributed by atoms with van der Waals surface area (Å²) in [6.07, 6.45) is 1.97. The molecule has 1 aliphatic rings. The maximum Gasteiger partial charge on any atom is 0.306 e. The topological polar surface area (TPSA) is 75.4 Å². The lowest BCUT2D eigenvalue weighted by Gasteiger charge is -2.30. The molecule has 0 atom stereocenters. The summed E-state index contributed by atoms with van der Waals surface area (Å²) < 4.78 is 2.11. The van der Waals surface area contributed by atoms with Gasteiger partial charge >= 0.3 is 5.97 Å². The Morgan fingerprint density at radius 2 is 1.68 bits per heavy atom. The number of carboxylic acids is 1. The molecule has 1 fully saturated rings. The van der Waals surface area contributed by atoms with E-state index in [0.717, 1.165) is 22.5 Å². The second-order valence-corrected chi connectivity index (χ2v) is 7.18. The summed E-state index contributed by atoms with van der Waals surface area (Å²) in [5.41, 5.74) is 2.97. The summed E-state index contributed by atoms with van der Waals surface area (Å²) >= 11 is 0. The Bertz CT molecular complexity index is 989. The Hall–Kier alpha value is -3.15. The molecule has 6 nitrogen and oxygen atoms in total. The number of carboxylic acid groups (broad SMARTS) is 1. The van der Waals surface area contributed by atoms with E-state index in [-0.39, 0.29) is 11.8 Å². The Kier molecular flexibility index (Phi) is 5.10. The predicted molar refractivity (Wildman–Crippen MR) is 106 cm³/mol. The van der Waals surface area contributed by atoms with E-state index in [1.54, 1.807) is 4.90 Å². The van der Waals surface area contributed by atoms with E-state index in [1.165, 1.54) is 0 Å². The molecule has 1 saturated heterocycles. The predicted octanol–water partition coefficient (Wildman–Crippen LogP) is 3.28. The number of para-hydroxylation sites is 3. The molecule has 2 heterocycles. The molecular weight excluding hydrogens is 354 g/mol. The lowest BCUT2D eigenvalue weighted by Crippen LogP contribution is -2.40. The first kappa shape index (κ1) is 18.2. The van der Waals surface area contributed by atoms with Crippen LogP contribution < -0.4 is 0 Å². The minimum Gasteiger partial charge on any atom is -0.481 e. The first-order valence-corrected chi connectivity index (χ1v) is 9.66. The van der Waals surface area contributed by atoms with E-state index in [9.17, 15) is 9.59 Å². The molecular formula is C22H23N3O3. The Labute approximate surface area is 163 Å². The van der Waals surface area contributed by atoms with E-state index in [4.69, 9.17) is 10.1 Å². The van der Waals surface area contributed by atoms with Gasteiger partial charge in [-0.2, -0.15) is 0 Å². The Morgan fingerprint density at radius 1 is 1.00 bits per heavy atom. The van der Waals surface area contributed by atoms with Gasteiger partial charge in [0.2, 0.25) is 5.91 Å². The monoisotopic (exact) mass is 377 g/mol. The number of aromatic nitrogens is 2. The number of benzene rings is 2. The number of piperidine rings is 1. The first-order valence-electron chi connectivity index (χ1n) is 9.66. The van der Waals surface area contributed by atoms with Gasteiger partial charge in [-0.1, -0.05) is 30.3 Å². The number of aliphatic carboxylic acids is 1. The van der Waals surface area contributed by atoms with Gasteiger partial charge in [0.1, 0.15) is 5.82 Å². The fourth-order valence-electron chi connectivity index (χ4n) is 3.86. The van der Waals surface area contributed by atoms with E-state index < -0.39 is 5.97 Å². The van der Waals surface area contributed by atoms with Gasteiger partial charge in [-0.05, 0) is 37.1 Å². The van der Waals surface area contributed by atoms with Crippen LogP contribution in [0.5, 0.6) is 0 Å². The van der Waals surface area contributed by atoms with Crippen molar-refractivity contribution in [2.45, 2.75) is 25.7 Å². The Morgan fingerprint density at radius 3 is 2.39 bits per heavy atom. The SMILES string of the molecule is O=C(O)C1CCN(C(=O)CCc2nc3ccccc3n2-c2ccccc2)CC1. The van der Waals surface area contributed by atoms with Gasteiger partial charge in [-0.15, -0.1) is 0 Å². The summed E-state index contributed by atoms with van der Waals surface area (Å²) in [7, 11) is 0. The van der Waals surface area contributed by atoms with Crippen LogP contribution in [0.4, 0.5) is 0 Å². The lowest BCUT2D eigenvalue weighted by atomic mass is 9.97. The molecule has 1 aromatic heterocycles. The fraction of sp³-hybridized carbons (Fsp3) is 0.318. The second-order valence-electron chi connectivity index (χ2n) is 7.18. The summed E-state index contributed by atoms with van der Waals surface area (Å²) in [6, 6.07) is 18.0. The van der Waals surface area contributed by atoms with Crippen molar-refractivity contribution < 1.29 is 14.7 Å². The van der Waals surface area contributed by atoms with Crippen LogP contribution in [-0.2, 0) is 16.0 Å². The molecule has 144 valence electrons. The average Bonchev–Trinajstić information content (AvgIpc) is 3.11. The van der Waals surface area contributed by atoms with Gasteiger partial charge in [-0.3, -0.25) is 14.2 Å². The molecule has 1 aliphatic heterocycles. The molecule has 28 heavy (non-hydrogen) atoms. The zero-order valence-corrected chi connectivity index (χ0v) is 15.6. The minimum atomic E-state index is -0.760. The molecule has 0 aliphatic carbocycles. The largest absolute Gasteiger partial charge is 0.481 e. The number of carbonyl (C=O) groups is 2. The molecule has 1 N–H and O–H groups in total. The van der Waals surface area contributed by atoms with E-state index in [0.29, 0.717) is 38.8 Å². The van der Waals surface area contributed by atoms with E-state index >= 15 is 0 Å². The highest BCUT2D eigenvalue weighted by Crippen LogP contribution is 2.23. The number of rotatable bonds is 5. The highest BCUT2D eigenvalue weighted by atomic mass is 16.4. The van der Waals surface area contributed by atoms with E-state index in [1.807, 2.05) is 54.6 Å². The van der Waals surface area contributed by atoms with Crippen molar-refractivity contribution in [2.75, 3.05) is 13.1 Å². The van der Waals surface area contributed by atoms with Crippen LogP contribution in [-0.4, -0.2) is 44.5 Å². The van der Waals surface area contributed by atoms with Crippen LogP contribution in [0.1, 0.15) is 25.1 Å². The lowest BCUT2D eigenvalue weighted by molar-refractivity contribution is -0.145. The average molecular weight is 377 g/mol. The molecule has 0 saturated carbocycles. The third-order valence-corrected chi connectivity index (χ3v) is 5.40. The van der Waals surface area contributed by atoms with Crippen LogP contribution >= 0.6 is 0 Å². The number of aryl methyl sites for hydroxylation is 1. The molecule has 4 rings (SSSR count). The standard InChI is InChI=1S/C22H23N3O3/c26-21(24-14-12-16(13-15-24)22(27)28)11-10-20-23-18-8-4-5-9-19(18)25(20)17-6-2-1-3-7-17/h1-9,16H,10-15H2,(H,27,28). The zero-order valence-electron chi connectivity index (χ0n) is 15.6. The van der Waals surface area contributed by atoms with Gasteiger partial charge in [0, 0.05) is 31.6 Å². The third-order valence-electron chi connectivity index (χ3n) is 5.40. The van der Waals surface area contributed by atoms with Crippen LogP contribution in [0.15, 0.2) is 54.6 Å². The number of nitrogens with zero attached hydrogens (tertiary/aromatic N) is 3. The first-order chi connectivity index (χ1) is 13.6. The van der Waals surface area contributed by atoms with Gasteiger partial charge in [0.05, 0.1) is 17.0 Å². The van der Waals surface area contributed by atoms with Crippen molar-refractivity contribution in [2.24, 2.45) is 5.92 Å². The van der Waals surface area contributed by atoms with Crippen LogP contribution in [0.3, 0.4) is 0 Å². The summed E-state index contributed by atoms with van der Waals surface area (Å²) in [5.74, 6) is -0.160. The number of hydrogen-bond donors (Lipinski definition) is 1. The van der Waals surface area contributed by atoms with Gasteiger partial charge in [-0.25, -0.2) is 4.98 Å². The quantitative estimate of drug-likeness (QED) is 0.740. The Balaban J connectivity index is 1.51. The second kappa shape index (κ2) is 7.84. The van der Waals surface area contributed by atoms with Crippen molar-refractivity contribution in [3.63, 3.8) is 0 Å². The maximum atomic E-state index is 12.7. The number of amides is 1. The number of fused-ring (bicyclic) bond motifs is 1. The van der Waals surface area contributed by atoms with Crippen molar-refractivity contribution in [1.82, 2.24) is 14.5 Å². The number of carbonyl (C=O) groups excluding carboxylic acids is 1. The third kappa shape index (κ3) is 3.63. The fourth-order valence-corrected chi connectivity index (χ4v) is 3.86. The minimum absolute atomic E-state index is 0.0653. The van der Waals surface area contributed by atoms with Crippen LogP contribution in [0.25, 0.3) is 16.7 Å². The molecule has 0 radical (unpaired) electrons. The molecule has 0 bridgehead atoms. The molecule has 0 spiro atoms. The number of likely N-dealkylation sites (tertiary alicyclic amines) is 1. The molecule has 2 aromatic carbocycles. The maximum absolute atomic E-state index is 12.7. The molecule has 6 heteroatoms. The van der Waals surface area contributed by atoms with Crippen LogP contribution in [0, 0.1) is 5.92 Å². The van der Waals surface area contributed by atoms with Gasteiger partial charge in [0.15, 0.2) is 0 Å². The normalized spacial score (nSPS) is 15.1. The molecule has 0 unspecified atom stereocenters. The van der Waals surface area contributed by atoms with Gasteiger partial charge < -0.3 is 10.0 Å². The van der Waals surface area contributed by atoms with Crippen molar-refractivity contribution >= 4 is 22.9 Å². The highest BCUT2D eigenvalue weighted by molar-refractivity contribution is 5.79. The summed E-state index contributed by atoms with van der Waals surface area (Å²) in [4.78, 5) is 30.3. The molecule has 3 aromatic rings. The smallest absolute Gasteiger partial charge is 0.306 e. The van der Waals surface area contributed by atoms with Crippen LogP contribution in [0.2, 0.25) is 0 Å². The number of hydrogen-bond acceptors (Lipinski definition) is 3. The van der Waals surface area contributed by atoms with Crippen molar-refractivity contribution in [3.8, 4) is 5.69 Å².